The van der Waals surface area contributed by atoms with Gasteiger partial charge in [0.15, 0.2) is 0 Å². The Morgan fingerprint density at radius 2 is 1.86 bits per heavy atom. The van der Waals surface area contributed by atoms with Crippen LogP contribution in [0.15, 0.2) is 11.6 Å². The smallest absolute Gasteiger partial charge is 0.0588 e. The number of halogens is 1. The summed E-state index contributed by atoms with van der Waals surface area (Å²) in [6.45, 7) is 12.5. The highest BCUT2D eigenvalue weighted by atomic mass is 79.9. The molecule has 1 N–H and O–H groups in total. The van der Waals surface area contributed by atoms with Gasteiger partial charge < -0.3 is 5.11 Å². The first-order chi connectivity index (χ1) is 13.7. The zero-order valence-electron chi connectivity index (χ0n) is 19.6. The molecule has 166 valence electrons. The van der Waals surface area contributed by atoms with Crippen molar-refractivity contribution >= 4 is 15.9 Å². The maximum atomic E-state index is 10.4. The maximum absolute atomic E-state index is 10.4. The van der Waals surface area contributed by atoms with Gasteiger partial charge in [-0.1, -0.05) is 81.5 Å². The second-order valence-corrected chi connectivity index (χ2v) is 13.3. The van der Waals surface area contributed by atoms with Crippen LogP contribution in [0.3, 0.4) is 0 Å². The molecule has 2 heteroatoms. The molecule has 9 atom stereocenters. The fourth-order valence-electron chi connectivity index (χ4n) is 8.68. The van der Waals surface area contributed by atoms with Gasteiger partial charge in [0.1, 0.15) is 0 Å². The fraction of sp³-hybridized carbons (Fsp3) is 0.926. The van der Waals surface area contributed by atoms with Gasteiger partial charge in [-0.15, -0.1) is 0 Å². The van der Waals surface area contributed by atoms with E-state index in [4.69, 9.17) is 0 Å². The Morgan fingerprint density at radius 3 is 2.59 bits per heavy atom. The monoisotopic (exact) mass is 464 g/mol. The number of aliphatic hydroxyl groups excluding tert-OH is 1. The van der Waals surface area contributed by atoms with E-state index >= 15 is 0 Å². The first-order valence-corrected chi connectivity index (χ1v) is 13.6. The van der Waals surface area contributed by atoms with Crippen LogP contribution in [0.1, 0.15) is 98.8 Å². The molecule has 0 bridgehead atoms. The lowest BCUT2D eigenvalue weighted by Gasteiger charge is -2.59. The van der Waals surface area contributed by atoms with Crippen LogP contribution in [0.25, 0.3) is 0 Å². The lowest BCUT2D eigenvalue weighted by Crippen LogP contribution is -2.54. The summed E-state index contributed by atoms with van der Waals surface area (Å²) in [5, 5.41) is 10.4. The van der Waals surface area contributed by atoms with Crippen molar-refractivity contribution in [2.24, 2.45) is 46.3 Å². The molecule has 0 aliphatic heterocycles. The van der Waals surface area contributed by atoms with Crippen molar-refractivity contribution in [2.75, 3.05) is 0 Å². The molecule has 0 saturated heterocycles. The van der Waals surface area contributed by atoms with Crippen LogP contribution >= 0.6 is 15.9 Å². The zero-order chi connectivity index (χ0) is 21.0. The highest BCUT2D eigenvalue weighted by Crippen LogP contribution is 2.68. The summed E-state index contributed by atoms with van der Waals surface area (Å²) in [7, 11) is 0. The van der Waals surface area contributed by atoms with E-state index in [1.165, 1.54) is 51.4 Å². The van der Waals surface area contributed by atoms with E-state index in [9.17, 15) is 5.11 Å². The first-order valence-electron chi connectivity index (χ1n) is 12.7. The minimum absolute atomic E-state index is 0.147. The highest BCUT2D eigenvalue weighted by molar-refractivity contribution is 9.09. The van der Waals surface area contributed by atoms with E-state index < -0.39 is 0 Å². The van der Waals surface area contributed by atoms with Crippen molar-refractivity contribution in [3.05, 3.63) is 11.6 Å². The third kappa shape index (κ3) is 3.71. The van der Waals surface area contributed by atoms with Crippen LogP contribution in [-0.4, -0.2) is 16.0 Å². The van der Waals surface area contributed by atoms with Crippen molar-refractivity contribution in [3.8, 4) is 0 Å². The standard InChI is InChI=1S/C27H45BrO/c1-17(2)7-6-8-18(3)22-11-12-23-21-10-9-19-15-20(29)16-25(28)27(19,5)24(21)13-14-26(22,23)4/h9,17-18,20-25,29H,6-8,10-16H2,1-5H3/t18-,20+,21+,22-,23+,24+,25?,26-,27+/m1/s1. The normalized spacial score (nSPS) is 47.9. The molecular weight excluding hydrogens is 420 g/mol. The molecule has 29 heavy (non-hydrogen) atoms. The van der Waals surface area contributed by atoms with Gasteiger partial charge in [-0.05, 0) is 85.9 Å². The minimum Gasteiger partial charge on any atom is -0.393 e. The molecule has 0 radical (unpaired) electrons. The van der Waals surface area contributed by atoms with Gasteiger partial charge in [-0.25, -0.2) is 0 Å². The fourth-order valence-corrected chi connectivity index (χ4v) is 9.74. The predicted molar refractivity (Wildman–Crippen MR) is 127 cm³/mol. The van der Waals surface area contributed by atoms with Crippen molar-refractivity contribution < 1.29 is 5.11 Å². The van der Waals surface area contributed by atoms with Gasteiger partial charge >= 0.3 is 0 Å². The Morgan fingerprint density at radius 1 is 1.10 bits per heavy atom. The van der Waals surface area contributed by atoms with Crippen molar-refractivity contribution in [3.63, 3.8) is 0 Å². The van der Waals surface area contributed by atoms with E-state index in [1.54, 1.807) is 5.57 Å². The lowest BCUT2D eigenvalue weighted by molar-refractivity contribution is -0.0542. The van der Waals surface area contributed by atoms with Crippen LogP contribution in [-0.2, 0) is 0 Å². The molecule has 3 saturated carbocycles. The molecule has 1 unspecified atom stereocenters. The second-order valence-electron chi connectivity index (χ2n) is 12.2. The Kier molecular flexibility index (Phi) is 6.38. The van der Waals surface area contributed by atoms with Crippen molar-refractivity contribution in [1.29, 1.82) is 0 Å². The van der Waals surface area contributed by atoms with E-state index in [0.717, 1.165) is 48.3 Å². The summed E-state index contributed by atoms with van der Waals surface area (Å²) in [5.41, 5.74) is 2.40. The summed E-state index contributed by atoms with van der Waals surface area (Å²) in [5.74, 6) is 5.27. The molecule has 3 fully saturated rings. The van der Waals surface area contributed by atoms with E-state index in [1.807, 2.05) is 0 Å². The molecule has 0 spiro atoms. The Hall–Kier alpha value is 0.180. The van der Waals surface area contributed by atoms with Crippen LogP contribution in [0.5, 0.6) is 0 Å². The molecule has 0 aromatic heterocycles. The average molecular weight is 466 g/mol. The molecule has 4 aliphatic rings. The Bertz CT molecular complexity index is 626. The lowest BCUT2D eigenvalue weighted by atomic mass is 9.47. The number of alkyl halides is 1. The number of rotatable bonds is 5. The van der Waals surface area contributed by atoms with Gasteiger partial charge in [0.25, 0.3) is 0 Å². The maximum Gasteiger partial charge on any atom is 0.0588 e. The molecule has 0 amide bonds. The molecule has 0 aromatic rings. The third-order valence-electron chi connectivity index (χ3n) is 10.3. The summed E-state index contributed by atoms with van der Waals surface area (Å²) >= 11 is 4.05. The first kappa shape index (κ1) is 22.4. The number of fused-ring (bicyclic) bond motifs is 5. The summed E-state index contributed by atoms with van der Waals surface area (Å²) in [4.78, 5) is 0.439. The quantitative estimate of drug-likeness (QED) is 0.325. The van der Waals surface area contributed by atoms with Crippen LogP contribution in [0.2, 0.25) is 0 Å². The van der Waals surface area contributed by atoms with Crippen LogP contribution in [0.4, 0.5) is 0 Å². The SMILES string of the molecule is CC(C)CCC[C@@H](C)[C@H]1CC[C@H]2[C@@H]3CC=C4C[C@H](O)CC(Br)[C@]4(C)[C@H]3CC[C@]12C. The van der Waals surface area contributed by atoms with Gasteiger partial charge in [0.2, 0.25) is 0 Å². The zero-order valence-corrected chi connectivity index (χ0v) is 21.2. The van der Waals surface area contributed by atoms with Crippen molar-refractivity contribution in [1.82, 2.24) is 0 Å². The molecular formula is C27H45BrO. The van der Waals surface area contributed by atoms with Gasteiger partial charge in [0.05, 0.1) is 6.10 Å². The molecule has 4 aliphatic carbocycles. The summed E-state index contributed by atoms with van der Waals surface area (Å²) < 4.78 is 0. The number of aliphatic hydroxyl groups is 1. The molecule has 1 nitrogen and oxygen atoms in total. The van der Waals surface area contributed by atoms with Crippen molar-refractivity contribution in [2.45, 2.75) is 110 Å². The predicted octanol–water partition coefficient (Wildman–Crippen LogP) is 7.76. The van der Waals surface area contributed by atoms with Gasteiger partial charge in [-0.2, -0.15) is 0 Å². The molecule has 0 heterocycles. The Balaban J connectivity index is 1.52. The minimum atomic E-state index is -0.147. The number of hydrogen-bond donors (Lipinski definition) is 1. The van der Waals surface area contributed by atoms with Gasteiger partial charge in [0, 0.05) is 10.2 Å². The highest BCUT2D eigenvalue weighted by Gasteiger charge is 2.60. The summed E-state index contributed by atoms with van der Waals surface area (Å²) in [6, 6.07) is 0. The van der Waals surface area contributed by atoms with E-state index in [2.05, 4.69) is 56.6 Å². The topological polar surface area (TPSA) is 20.2 Å². The molecule has 4 rings (SSSR count). The number of allylic oxidation sites excluding steroid dienone is 1. The van der Waals surface area contributed by atoms with Crippen LogP contribution in [0, 0.1) is 46.3 Å². The largest absolute Gasteiger partial charge is 0.393 e. The molecule has 0 aromatic carbocycles. The summed E-state index contributed by atoms with van der Waals surface area (Å²) in [6.07, 6.45) is 15.6. The average Bonchev–Trinajstić information content (AvgIpc) is 3.00. The van der Waals surface area contributed by atoms with E-state index in [-0.39, 0.29) is 11.5 Å². The van der Waals surface area contributed by atoms with Crippen LogP contribution < -0.4 is 0 Å². The van der Waals surface area contributed by atoms with Gasteiger partial charge in [-0.3, -0.25) is 0 Å². The van der Waals surface area contributed by atoms with E-state index in [0.29, 0.717) is 10.2 Å². The second kappa shape index (κ2) is 8.27. The third-order valence-corrected chi connectivity index (χ3v) is 11.6. The number of hydrogen-bond acceptors (Lipinski definition) is 1. The Labute approximate surface area is 188 Å².